The van der Waals surface area contributed by atoms with Crippen molar-refractivity contribution < 1.29 is 14.3 Å². The molecule has 3 nitrogen and oxygen atoms in total. The number of carboxylic acid groups (broad SMARTS) is 1. The van der Waals surface area contributed by atoms with Crippen LogP contribution >= 0.6 is 0 Å². The molecule has 0 radical (unpaired) electrons. The van der Waals surface area contributed by atoms with Gasteiger partial charge in [-0.25, -0.2) is 0 Å². The minimum atomic E-state index is -0.808. The van der Waals surface area contributed by atoms with Gasteiger partial charge in [0.1, 0.15) is 17.3 Å². The van der Waals surface area contributed by atoms with E-state index in [4.69, 9.17) is 4.42 Å². The Labute approximate surface area is 100 Å². The summed E-state index contributed by atoms with van der Waals surface area (Å²) < 4.78 is 5.61. The predicted molar refractivity (Wildman–Crippen MR) is 66.1 cm³/mol. The Bertz CT molecular complexity index is 480. The van der Waals surface area contributed by atoms with Crippen LogP contribution in [0.15, 0.2) is 34.7 Å². The van der Waals surface area contributed by atoms with E-state index in [1.54, 1.807) is 0 Å². The van der Waals surface area contributed by atoms with E-state index in [2.05, 4.69) is 6.92 Å². The second-order valence-corrected chi connectivity index (χ2v) is 4.22. The first-order chi connectivity index (χ1) is 8.22. The highest BCUT2D eigenvalue weighted by Gasteiger charge is 2.23. The summed E-state index contributed by atoms with van der Waals surface area (Å²) in [5, 5.41) is 10.2. The normalized spacial score (nSPS) is 12.8. The molecule has 0 fully saturated rings. The van der Waals surface area contributed by atoms with Gasteiger partial charge < -0.3 is 9.52 Å². The van der Waals surface area contributed by atoms with E-state index in [-0.39, 0.29) is 0 Å². The summed E-state index contributed by atoms with van der Waals surface area (Å²) in [6, 6.07) is 9.43. The summed E-state index contributed by atoms with van der Waals surface area (Å²) in [5.41, 5.74) is 0.755. The van der Waals surface area contributed by atoms with Crippen molar-refractivity contribution in [2.24, 2.45) is 0 Å². The summed E-state index contributed by atoms with van der Waals surface area (Å²) >= 11 is 0. The lowest BCUT2D eigenvalue weighted by molar-refractivity contribution is -0.139. The van der Waals surface area contributed by atoms with Crippen LogP contribution < -0.4 is 0 Å². The molecule has 0 saturated carbocycles. The van der Waals surface area contributed by atoms with E-state index in [9.17, 15) is 9.90 Å². The van der Waals surface area contributed by atoms with Gasteiger partial charge in [-0.3, -0.25) is 4.79 Å². The van der Waals surface area contributed by atoms with Crippen molar-refractivity contribution in [1.29, 1.82) is 0 Å². The van der Waals surface area contributed by atoms with Gasteiger partial charge >= 0.3 is 5.97 Å². The van der Waals surface area contributed by atoms with E-state index in [0.29, 0.717) is 12.2 Å². The van der Waals surface area contributed by atoms with E-state index < -0.39 is 11.9 Å². The lowest BCUT2D eigenvalue weighted by Crippen LogP contribution is -2.10. The summed E-state index contributed by atoms with van der Waals surface area (Å²) in [6.07, 6.45) is 2.52. The fraction of sp³-hybridized carbons (Fsp3) is 0.357. The molecule has 1 N–H and O–H groups in total. The molecule has 1 atom stereocenters. The first-order valence-electron chi connectivity index (χ1n) is 5.93. The van der Waals surface area contributed by atoms with Gasteiger partial charge in [-0.05, 0) is 18.6 Å². The topological polar surface area (TPSA) is 50.4 Å². The number of fused-ring (bicyclic) bond motifs is 1. The Hall–Kier alpha value is -1.77. The quantitative estimate of drug-likeness (QED) is 0.853. The number of carbonyl (C=O) groups is 1. The maximum absolute atomic E-state index is 11.2. The SMILES string of the molecule is CCCCC(C(=O)O)c1cc2ccccc2o1. The van der Waals surface area contributed by atoms with Gasteiger partial charge in [0.15, 0.2) is 0 Å². The molecule has 2 rings (SSSR count). The number of hydrogen-bond acceptors (Lipinski definition) is 2. The monoisotopic (exact) mass is 232 g/mol. The summed E-state index contributed by atoms with van der Waals surface area (Å²) in [5.74, 6) is -0.771. The minimum Gasteiger partial charge on any atom is -0.481 e. The largest absolute Gasteiger partial charge is 0.481 e. The summed E-state index contributed by atoms with van der Waals surface area (Å²) in [7, 11) is 0. The maximum Gasteiger partial charge on any atom is 0.314 e. The summed E-state index contributed by atoms with van der Waals surface area (Å²) in [4.78, 5) is 11.2. The zero-order valence-electron chi connectivity index (χ0n) is 9.85. The first-order valence-corrected chi connectivity index (χ1v) is 5.93. The third kappa shape index (κ3) is 2.49. The van der Waals surface area contributed by atoms with Crippen LogP contribution in [0, 0.1) is 0 Å². The van der Waals surface area contributed by atoms with Crippen molar-refractivity contribution in [3.8, 4) is 0 Å². The molecular formula is C14H16O3. The van der Waals surface area contributed by atoms with Crippen molar-refractivity contribution >= 4 is 16.9 Å². The van der Waals surface area contributed by atoms with Crippen LogP contribution in [0.1, 0.15) is 37.9 Å². The number of unbranched alkanes of at least 4 members (excludes halogenated alkanes) is 1. The molecule has 0 amide bonds. The van der Waals surface area contributed by atoms with Crippen LogP contribution in [-0.2, 0) is 4.79 Å². The molecule has 17 heavy (non-hydrogen) atoms. The van der Waals surface area contributed by atoms with E-state index in [1.807, 2.05) is 30.3 Å². The lowest BCUT2D eigenvalue weighted by Gasteiger charge is -2.07. The zero-order chi connectivity index (χ0) is 12.3. The molecule has 0 aliphatic carbocycles. The average Bonchev–Trinajstić information content (AvgIpc) is 2.72. The van der Waals surface area contributed by atoms with Gasteiger partial charge in [0.2, 0.25) is 0 Å². The van der Waals surface area contributed by atoms with Crippen molar-refractivity contribution in [2.45, 2.75) is 32.1 Å². The van der Waals surface area contributed by atoms with Gasteiger partial charge in [-0.1, -0.05) is 38.0 Å². The molecule has 90 valence electrons. The molecule has 2 aromatic rings. The van der Waals surface area contributed by atoms with Crippen LogP contribution in [0.3, 0.4) is 0 Å². The van der Waals surface area contributed by atoms with Crippen molar-refractivity contribution in [3.63, 3.8) is 0 Å². The van der Waals surface area contributed by atoms with Crippen LogP contribution in [-0.4, -0.2) is 11.1 Å². The highest BCUT2D eigenvalue weighted by Crippen LogP contribution is 2.28. The lowest BCUT2D eigenvalue weighted by atomic mass is 9.99. The van der Waals surface area contributed by atoms with Crippen LogP contribution in [0.25, 0.3) is 11.0 Å². The van der Waals surface area contributed by atoms with Gasteiger partial charge in [0, 0.05) is 5.39 Å². The highest BCUT2D eigenvalue weighted by molar-refractivity contribution is 5.81. The third-order valence-corrected chi connectivity index (χ3v) is 2.93. The van der Waals surface area contributed by atoms with Crippen LogP contribution in [0.2, 0.25) is 0 Å². The number of para-hydroxylation sites is 1. The van der Waals surface area contributed by atoms with Gasteiger partial charge in [0.25, 0.3) is 0 Å². The second kappa shape index (κ2) is 5.04. The standard InChI is InChI=1S/C14H16O3/c1-2-3-7-11(14(15)16)13-9-10-6-4-5-8-12(10)17-13/h4-6,8-9,11H,2-3,7H2,1H3,(H,15,16). The smallest absolute Gasteiger partial charge is 0.314 e. The second-order valence-electron chi connectivity index (χ2n) is 4.22. The molecule has 1 aromatic carbocycles. The molecule has 0 aliphatic heterocycles. The predicted octanol–water partition coefficient (Wildman–Crippen LogP) is 3.79. The zero-order valence-corrected chi connectivity index (χ0v) is 9.85. The number of carboxylic acids is 1. The molecule has 0 spiro atoms. The Kier molecular flexibility index (Phi) is 3.47. The Morgan fingerprint density at radius 3 is 2.82 bits per heavy atom. The van der Waals surface area contributed by atoms with Gasteiger partial charge in [-0.2, -0.15) is 0 Å². The van der Waals surface area contributed by atoms with E-state index in [1.165, 1.54) is 0 Å². The number of furan rings is 1. The molecule has 0 bridgehead atoms. The van der Waals surface area contributed by atoms with Gasteiger partial charge in [0.05, 0.1) is 0 Å². The molecule has 1 aromatic heterocycles. The minimum absolute atomic E-state index is 0.526. The molecule has 0 saturated heterocycles. The van der Waals surface area contributed by atoms with E-state index in [0.717, 1.165) is 23.8 Å². The van der Waals surface area contributed by atoms with Crippen molar-refractivity contribution in [2.75, 3.05) is 0 Å². The van der Waals surface area contributed by atoms with E-state index >= 15 is 0 Å². The molecule has 0 aliphatic rings. The van der Waals surface area contributed by atoms with Crippen molar-refractivity contribution in [3.05, 3.63) is 36.1 Å². The van der Waals surface area contributed by atoms with Crippen LogP contribution in [0.5, 0.6) is 0 Å². The number of aliphatic carboxylic acids is 1. The summed E-state index contributed by atoms with van der Waals surface area (Å²) in [6.45, 7) is 2.05. The fourth-order valence-corrected chi connectivity index (χ4v) is 1.97. The Morgan fingerprint density at radius 2 is 2.18 bits per heavy atom. The Balaban J connectivity index is 2.31. The van der Waals surface area contributed by atoms with Gasteiger partial charge in [-0.15, -0.1) is 0 Å². The van der Waals surface area contributed by atoms with Crippen molar-refractivity contribution in [1.82, 2.24) is 0 Å². The van der Waals surface area contributed by atoms with Crippen LogP contribution in [0.4, 0.5) is 0 Å². The third-order valence-electron chi connectivity index (χ3n) is 2.93. The Morgan fingerprint density at radius 1 is 1.41 bits per heavy atom. The molecular weight excluding hydrogens is 216 g/mol. The maximum atomic E-state index is 11.2. The first kappa shape index (κ1) is 11.7. The molecule has 1 heterocycles. The number of rotatable bonds is 5. The molecule has 1 unspecified atom stereocenters. The number of benzene rings is 1. The number of hydrogen-bond donors (Lipinski definition) is 1. The highest BCUT2D eigenvalue weighted by atomic mass is 16.4. The average molecular weight is 232 g/mol. The fourth-order valence-electron chi connectivity index (χ4n) is 1.97. The molecule has 3 heteroatoms.